The minimum absolute atomic E-state index is 0.0415. The van der Waals surface area contributed by atoms with Gasteiger partial charge in [-0.15, -0.1) is 6.58 Å². The maximum Gasteiger partial charge on any atom is 0.234 e. The van der Waals surface area contributed by atoms with Crippen LogP contribution in [0.2, 0.25) is 0 Å². The third-order valence-corrected chi connectivity index (χ3v) is 2.64. The lowest BCUT2D eigenvalue weighted by atomic mass is 10.4. The number of hydrogen-bond acceptors (Lipinski definition) is 4. The first-order valence-corrected chi connectivity index (χ1v) is 6.70. The zero-order valence-electron chi connectivity index (χ0n) is 9.12. The maximum absolute atomic E-state index is 11.2. The Bertz CT molecular complexity index is 311. The van der Waals surface area contributed by atoms with Gasteiger partial charge in [0, 0.05) is 18.8 Å². The van der Waals surface area contributed by atoms with Crippen molar-refractivity contribution >= 4 is 15.7 Å². The smallest absolute Gasteiger partial charge is 0.234 e. The highest BCUT2D eigenvalue weighted by Gasteiger charge is 2.12. The van der Waals surface area contributed by atoms with Gasteiger partial charge in [0.25, 0.3) is 0 Å². The van der Waals surface area contributed by atoms with Gasteiger partial charge in [0.05, 0.1) is 12.3 Å². The second-order valence-corrected chi connectivity index (χ2v) is 5.67. The number of carbonyl (C=O) groups is 1. The molecule has 0 bridgehead atoms. The highest BCUT2D eigenvalue weighted by Crippen LogP contribution is 1.89. The van der Waals surface area contributed by atoms with Gasteiger partial charge in [-0.25, -0.2) is 8.42 Å². The molecule has 0 rings (SSSR count). The van der Waals surface area contributed by atoms with Gasteiger partial charge in [-0.3, -0.25) is 4.79 Å². The summed E-state index contributed by atoms with van der Waals surface area (Å²) < 4.78 is 21.8. The molecule has 0 heterocycles. The summed E-state index contributed by atoms with van der Waals surface area (Å²) in [7, 11) is -3.05. The molecule has 0 aliphatic carbocycles. The molecule has 1 amide bonds. The monoisotopic (exact) mass is 234 g/mol. The first-order chi connectivity index (χ1) is 6.85. The van der Waals surface area contributed by atoms with Crippen LogP contribution in [0.1, 0.15) is 6.92 Å². The van der Waals surface area contributed by atoms with E-state index in [1.807, 2.05) is 0 Å². The summed E-state index contributed by atoms with van der Waals surface area (Å²) in [5.41, 5.74) is 0. The summed E-state index contributed by atoms with van der Waals surface area (Å²) >= 11 is 0. The van der Waals surface area contributed by atoms with Crippen molar-refractivity contribution in [2.75, 3.05) is 25.1 Å². The predicted molar refractivity (Wildman–Crippen MR) is 60.4 cm³/mol. The van der Waals surface area contributed by atoms with Crippen LogP contribution in [0.5, 0.6) is 0 Å². The van der Waals surface area contributed by atoms with E-state index in [9.17, 15) is 13.2 Å². The number of amides is 1. The van der Waals surface area contributed by atoms with E-state index in [1.54, 1.807) is 13.0 Å². The van der Waals surface area contributed by atoms with Crippen molar-refractivity contribution in [1.82, 2.24) is 10.6 Å². The van der Waals surface area contributed by atoms with Crippen molar-refractivity contribution in [3.8, 4) is 0 Å². The van der Waals surface area contributed by atoms with Gasteiger partial charge in [-0.05, 0) is 6.92 Å². The van der Waals surface area contributed by atoms with Crippen molar-refractivity contribution in [3.63, 3.8) is 0 Å². The molecule has 0 aromatic carbocycles. The molecule has 0 aromatic rings. The van der Waals surface area contributed by atoms with E-state index >= 15 is 0 Å². The van der Waals surface area contributed by atoms with E-state index in [0.717, 1.165) is 6.26 Å². The first kappa shape index (κ1) is 14.1. The zero-order valence-corrected chi connectivity index (χ0v) is 9.93. The van der Waals surface area contributed by atoms with Gasteiger partial charge in [0.15, 0.2) is 0 Å². The van der Waals surface area contributed by atoms with Crippen LogP contribution >= 0.6 is 0 Å². The van der Waals surface area contributed by atoms with Crippen LogP contribution in [-0.2, 0) is 14.6 Å². The van der Waals surface area contributed by atoms with E-state index in [0.29, 0.717) is 6.54 Å². The average molecular weight is 234 g/mol. The molecular formula is C9H18N2O3S. The predicted octanol–water partition coefficient (Wildman–Crippen LogP) is -0.689. The molecule has 2 N–H and O–H groups in total. The van der Waals surface area contributed by atoms with E-state index in [2.05, 4.69) is 17.2 Å². The molecule has 0 spiro atoms. The van der Waals surface area contributed by atoms with Gasteiger partial charge in [-0.2, -0.15) is 0 Å². The Morgan fingerprint density at radius 2 is 2.13 bits per heavy atom. The first-order valence-electron chi connectivity index (χ1n) is 4.64. The average Bonchev–Trinajstić information content (AvgIpc) is 2.00. The number of nitrogens with one attached hydrogen (secondary N) is 2. The van der Waals surface area contributed by atoms with Gasteiger partial charge < -0.3 is 10.6 Å². The van der Waals surface area contributed by atoms with Crippen LogP contribution < -0.4 is 10.6 Å². The number of sulfone groups is 1. The molecule has 0 aliphatic heterocycles. The molecule has 1 unspecified atom stereocenters. The SMILES string of the molecule is C=CCNCC(=O)NC(C)CS(C)(=O)=O. The lowest BCUT2D eigenvalue weighted by Gasteiger charge is -2.12. The fraction of sp³-hybridized carbons (Fsp3) is 0.667. The standard InChI is InChI=1S/C9H18N2O3S/c1-4-5-10-6-9(12)11-8(2)7-15(3,13)14/h4,8,10H,1,5-7H2,2-3H3,(H,11,12). The van der Waals surface area contributed by atoms with Crippen LogP contribution in [0.15, 0.2) is 12.7 Å². The Balaban J connectivity index is 3.81. The molecule has 6 heteroatoms. The van der Waals surface area contributed by atoms with Crippen LogP contribution in [-0.4, -0.2) is 45.5 Å². The molecule has 0 aromatic heterocycles. The third-order valence-electron chi connectivity index (χ3n) is 1.53. The van der Waals surface area contributed by atoms with Crippen molar-refractivity contribution in [3.05, 3.63) is 12.7 Å². The minimum atomic E-state index is -3.05. The molecule has 1 atom stereocenters. The van der Waals surface area contributed by atoms with E-state index in [1.165, 1.54) is 0 Å². The molecule has 5 nitrogen and oxygen atoms in total. The summed E-state index contributed by atoms with van der Waals surface area (Å²) in [5.74, 6) is -0.256. The lowest BCUT2D eigenvalue weighted by Crippen LogP contribution is -2.42. The van der Waals surface area contributed by atoms with Crippen molar-refractivity contribution < 1.29 is 13.2 Å². The highest BCUT2D eigenvalue weighted by atomic mass is 32.2. The molecule has 0 fully saturated rings. The summed E-state index contributed by atoms with van der Waals surface area (Å²) in [6, 6.07) is -0.363. The van der Waals surface area contributed by atoms with Crippen molar-refractivity contribution in [2.45, 2.75) is 13.0 Å². The number of rotatable bonds is 7. The number of carbonyl (C=O) groups excluding carboxylic acids is 1. The van der Waals surface area contributed by atoms with Gasteiger partial charge >= 0.3 is 0 Å². The van der Waals surface area contributed by atoms with Crippen molar-refractivity contribution in [1.29, 1.82) is 0 Å². The minimum Gasteiger partial charge on any atom is -0.352 e. The van der Waals surface area contributed by atoms with Crippen molar-refractivity contribution in [2.24, 2.45) is 0 Å². The van der Waals surface area contributed by atoms with Crippen LogP contribution in [0.4, 0.5) is 0 Å². The van der Waals surface area contributed by atoms with Crippen LogP contribution in [0, 0.1) is 0 Å². The summed E-state index contributed by atoms with van der Waals surface area (Å²) in [6.07, 6.45) is 2.79. The summed E-state index contributed by atoms with van der Waals surface area (Å²) in [6.45, 7) is 5.87. The largest absolute Gasteiger partial charge is 0.352 e. The van der Waals surface area contributed by atoms with E-state index in [-0.39, 0.29) is 24.2 Å². The van der Waals surface area contributed by atoms with E-state index in [4.69, 9.17) is 0 Å². The van der Waals surface area contributed by atoms with Crippen LogP contribution in [0.3, 0.4) is 0 Å². The Labute approximate surface area is 90.9 Å². The molecule has 15 heavy (non-hydrogen) atoms. The quantitative estimate of drug-likeness (QED) is 0.452. The molecular weight excluding hydrogens is 216 g/mol. The van der Waals surface area contributed by atoms with Crippen LogP contribution in [0.25, 0.3) is 0 Å². The fourth-order valence-corrected chi connectivity index (χ4v) is 2.10. The lowest BCUT2D eigenvalue weighted by molar-refractivity contribution is -0.120. The Morgan fingerprint density at radius 3 is 2.60 bits per heavy atom. The zero-order chi connectivity index (χ0) is 11.9. The van der Waals surface area contributed by atoms with Gasteiger partial charge in [-0.1, -0.05) is 6.08 Å². The molecule has 0 radical (unpaired) electrons. The molecule has 88 valence electrons. The summed E-state index contributed by atoms with van der Waals surface area (Å²) in [5, 5.41) is 5.40. The maximum atomic E-state index is 11.2. The normalized spacial score (nSPS) is 13.2. The second-order valence-electron chi connectivity index (χ2n) is 3.48. The fourth-order valence-electron chi connectivity index (χ4n) is 1.11. The second kappa shape index (κ2) is 6.58. The topological polar surface area (TPSA) is 75.3 Å². The van der Waals surface area contributed by atoms with Gasteiger partial charge in [0.2, 0.25) is 5.91 Å². The number of hydrogen-bond donors (Lipinski definition) is 2. The Kier molecular flexibility index (Phi) is 6.19. The molecule has 0 saturated heterocycles. The Hall–Kier alpha value is -0.880. The third kappa shape index (κ3) is 9.42. The molecule has 0 saturated carbocycles. The Morgan fingerprint density at radius 1 is 1.53 bits per heavy atom. The summed E-state index contributed by atoms with van der Waals surface area (Å²) in [4.78, 5) is 11.2. The highest BCUT2D eigenvalue weighted by molar-refractivity contribution is 7.90. The molecule has 0 aliphatic rings. The van der Waals surface area contributed by atoms with Gasteiger partial charge in [0.1, 0.15) is 9.84 Å². The van der Waals surface area contributed by atoms with E-state index < -0.39 is 9.84 Å².